The van der Waals surface area contributed by atoms with Crippen molar-refractivity contribution in [1.82, 2.24) is 14.4 Å². The molecule has 2 heterocycles. The van der Waals surface area contributed by atoms with Gasteiger partial charge < -0.3 is 15.2 Å². The van der Waals surface area contributed by atoms with E-state index in [0.717, 1.165) is 28.0 Å². The molecule has 142 valence electrons. The molecule has 0 fully saturated rings. The average Bonchev–Trinajstić information content (AvgIpc) is 3.11. The Kier molecular flexibility index (Phi) is 4.02. The van der Waals surface area contributed by atoms with Gasteiger partial charge >= 0.3 is 0 Å². The maximum atomic E-state index is 10.7. The molecule has 0 bridgehead atoms. The third kappa shape index (κ3) is 2.91. The van der Waals surface area contributed by atoms with Crippen molar-refractivity contribution in [3.63, 3.8) is 0 Å². The number of hydrogen-bond acceptors (Lipinski definition) is 5. The Bertz CT molecular complexity index is 1340. The Morgan fingerprint density at radius 2 is 1.93 bits per heavy atom. The molecule has 5 rings (SSSR count). The molecule has 6 heteroatoms. The maximum Gasteiger partial charge on any atom is 0.157 e. The molecule has 29 heavy (non-hydrogen) atoms. The number of hydrogen-bond donors (Lipinski definition) is 2. The smallest absolute Gasteiger partial charge is 0.157 e. The third-order valence-electron chi connectivity index (χ3n) is 4.91. The lowest BCUT2D eigenvalue weighted by Crippen LogP contribution is -1.98. The van der Waals surface area contributed by atoms with Gasteiger partial charge in [-0.3, -0.25) is 9.38 Å². The number of anilines is 2. The van der Waals surface area contributed by atoms with Gasteiger partial charge in [0, 0.05) is 24.1 Å². The van der Waals surface area contributed by atoms with E-state index in [9.17, 15) is 5.11 Å². The molecule has 3 aromatic carbocycles. The van der Waals surface area contributed by atoms with Crippen LogP contribution in [0, 0.1) is 0 Å². The topological polar surface area (TPSA) is 71.7 Å². The minimum Gasteiger partial charge on any atom is -0.507 e. The summed E-state index contributed by atoms with van der Waals surface area (Å²) in [7, 11) is 1.64. The monoisotopic (exact) mass is 382 g/mol. The highest BCUT2D eigenvalue weighted by atomic mass is 16.5. The highest BCUT2D eigenvalue weighted by molar-refractivity contribution is 6.02. The van der Waals surface area contributed by atoms with E-state index in [2.05, 4.69) is 10.3 Å². The van der Waals surface area contributed by atoms with Crippen molar-refractivity contribution in [2.24, 2.45) is 0 Å². The van der Waals surface area contributed by atoms with Gasteiger partial charge in [-0.25, -0.2) is 4.98 Å². The van der Waals surface area contributed by atoms with Gasteiger partial charge in [-0.1, -0.05) is 36.4 Å². The minimum atomic E-state index is 0.175. The number of phenolic OH excluding ortho intramolecular Hbond substituents is 1. The van der Waals surface area contributed by atoms with Gasteiger partial charge in [0.05, 0.1) is 18.9 Å². The van der Waals surface area contributed by atoms with Gasteiger partial charge in [-0.05, 0) is 29.0 Å². The molecule has 0 aliphatic heterocycles. The van der Waals surface area contributed by atoms with Gasteiger partial charge in [-0.15, -0.1) is 0 Å². The molecule has 0 spiro atoms. The first-order chi connectivity index (χ1) is 14.2. The SMILES string of the molecule is COc1cccc(Nc2c(-c3c(O)ccc4ccccc34)nc3cnccn23)c1. The molecule has 5 aromatic rings. The fourth-order valence-electron chi connectivity index (χ4n) is 3.55. The second kappa shape index (κ2) is 6.83. The molecule has 0 atom stereocenters. The van der Waals surface area contributed by atoms with Crippen molar-refractivity contribution in [2.45, 2.75) is 0 Å². The van der Waals surface area contributed by atoms with E-state index in [1.807, 2.05) is 65.2 Å². The normalized spacial score (nSPS) is 11.1. The molecule has 0 saturated heterocycles. The number of ether oxygens (including phenoxy) is 1. The number of imidazole rings is 1. The predicted molar refractivity (Wildman–Crippen MR) is 114 cm³/mol. The molecular weight excluding hydrogens is 364 g/mol. The summed E-state index contributed by atoms with van der Waals surface area (Å²) < 4.78 is 7.26. The van der Waals surface area contributed by atoms with Crippen LogP contribution in [0.2, 0.25) is 0 Å². The fraction of sp³-hybridized carbons (Fsp3) is 0.0435. The zero-order chi connectivity index (χ0) is 19.8. The highest BCUT2D eigenvalue weighted by Gasteiger charge is 2.20. The van der Waals surface area contributed by atoms with Crippen LogP contribution in [0.3, 0.4) is 0 Å². The first-order valence-corrected chi connectivity index (χ1v) is 9.19. The van der Waals surface area contributed by atoms with Crippen LogP contribution < -0.4 is 10.1 Å². The van der Waals surface area contributed by atoms with Crippen LogP contribution in [0.4, 0.5) is 11.5 Å². The van der Waals surface area contributed by atoms with Gasteiger partial charge in [0.2, 0.25) is 0 Å². The van der Waals surface area contributed by atoms with Crippen LogP contribution in [0.1, 0.15) is 0 Å². The summed E-state index contributed by atoms with van der Waals surface area (Å²) >= 11 is 0. The molecule has 2 aromatic heterocycles. The summed E-state index contributed by atoms with van der Waals surface area (Å²) in [4.78, 5) is 8.97. The molecule has 0 unspecified atom stereocenters. The standard InChI is InChI=1S/C23H18N4O2/c1-29-17-7-4-6-16(13-17)25-23-22(26-20-14-24-11-12-27(20)23)21-18-8-3-2-5-15(18)9-10-19(21)28/h2-14,25,28H,1H3. The molecular formula is C23H18N4O2. The van der Waals surface area contributed by atoms with Crippen LogP contribution in [-0.4, -0.2) is 26.6 Å². The number of aromatic nitrogens is 3. The summed E-state index contributed by atoms with van der Waals surface area (Å²) in [5, 5.41) is 16.1. The number of fused-ring (bicyclic) bond motifs is 2. The zero-order valence-corrected chi connectivity index (χ0v) is 15.7. The van der Waals surface area contributed by atoms with Crippen molar-refractivity contribution in [3.8, 4) is 22.8 Å². The second-order valence-electron chi connectivity index (χ2n) is 6.65. The van der Waals surface area contributed by atoms with E-state index in [4.69, 9.17) is 9.72 Å². The van der Waals surface area contributed by atoms with Gasteiger partial charge in [0.1, 0.15) is 23.0 Å². The lowest BCUT2D eigenvalue weighted by atomic mass is 10.0. The first-order valence-electron chi connectivity index (χ1n) is 9.19. The van der Waals surface area contributed by atoms with Crippen LogP contribution in [0.15, 0.2) is 79.3 Å². The number of phenols is 1. The van der Waals surface area contributed by atoms with Crippen LogP contribution in [-0.2, 0) is 0 Å². The van der Waals surface area contributed by atoms with Crippen molar-refractivity contribution in [3.05, 3.63) is 79.3 Å². The number of nitrogens with one attached hydrogen (secondary N) is 1. The quantitative estimate of drug-likeness (QED) is 0.457. The second-order valence-corrected chi connectivity index (χ2v) is 6.65. The summed E-state index contributed by atoms with van der Waals surface area (Å²) in [5.41, 5.74) is 2.86. The Balaban J connectivity index is 1.77. The van der Waals surface area contributed by atoms with E-state index >= 15 is 0 Å². The van der Waals surface area contributed by atoms with Gasteiger partial charge in [-0.2, -0.15) is 0 Å². The maximum absolute atomic E-state index is 10.7. The van der Waals surface area contributed by atoms with Gasteiger partial charge in [0.15, 0.2) is 5.65 Å². The van der Waals surface area contributed by atoms with Crippen LogP contribution in [0.5, 0.6) is 11.5 Å². The molecule has 2 N–H and O–H groups in total. The Labute approximate surface area is 167 Å². The summed E-state index contributed by atoms with van der Waals surface area (Å²) in [5.74, 6) is 1.66. The molecule has 6 nitrogen and oxygen atoms in total. The zero-order valence-electron chi connectivity index (χ0n) is 15.7. The van der Waals surface area contributed by atoms with E-state index < -0.39 is 0 Å². The van der Waals surface area contributed by atoms with Gasteiger partial charge in [0.25, 0.3) is 0 Å². The molecule has 0 amide bonds. The van der Waals surface area contributed by atoms with Crippen molar-refractivity contribution < 1.29 is 9.84 Å². The van der Waals surface area contributed by atoms with Crippen molar-refractivity contribution in [2.75, 3.05) is 12.4 Å². The lowest BCUT2D eigenvalue weighted by Gasteiger charge is -2.12. The van der Waals surface area contributed by atoms with Crippen molar-refractivity contribution >= 4 is 27.9 Å². The summed E-state index contributed by atoms with van der Waals surface area (Å²) in [6.07, 6.45) is 5.25. The fourth-order valence-corrected chi connectivity index (χ4v) is 3.55. The number of nitrogens with zero attached hydrogens (tertiary/aromatic N) is 3. The van der Waals surface area contributed by atoms with Crippen LogP contribution >= 0.6 is 0 Å². The molecule has 0 saturated carbocycles. The van der Waals surface area contributed by atoms with E-state index in [1.165, 1.54) is 0 Å². The largest absolute Gasteiger partial charge is 0.507 e. The number of aromatic hydroxyl groups is 1. The predicted octanol–water partition coefficient (Wildman–Crippen LogP) is 5.01. The van der Waals surface area contributed by atoms with E-state index in [1.54, 1.807) is 25.6 Å². The lowest BCUT2D eigenvalue weighted by molar-refractivity contribution is 0.415. The Hall–Kier alpha value is -4.06. The number of rotatable bonds is 4. The van der Waals surface area contributed by atoms with E-state index in [-0.39, 0.29) is 5.75 Å². The molecule has 0 radical (unpaired) electrons. The van der Waals surface area contributed by atoms with Crippen LogP contribution in [0.25, 0.3) is 27.7 Å². The Morgan fingerprint density at radius 3 is 2.83 bits per heavy atom. The minimum absolute atomic E-state index is 0.175. The highest BCUT2D eigenvalue weighted by Crippen LogP contribution is 2.40. The average molecular weight is 382 g/mol. The summed E-state index contributed by atoms with van der Waals surface area (Å²) in [6.45, 7) is 0. The third-order valence-corrected chi connectivity index (χ3v) is 4.91. The molecule has 0 aliphatic carbocycles. The van der Waals surface area contributed by atoms with E-state index in [0.29, 0.717) is 16.9 Å². The number of benzene rings is 3. The Morgan fingerprint density at radius 1 is 1.03 bits per heavy atom. The van der Waals surface area contributed by atoms with Crippen molar-refractivity contribution in [1.29, 1.82) is 0 Å². The molecule has 0 aliphatic rings. The first kappa shape index (κ1) is 17.1. The number of methoxy groups -OCH3 is 1. The summed E-state index contributed by atoms with van der Waals surface area (Å²) in [6, 6.07) is 19.2.